The van der Waals surface area contributed by atoms with Gasteiger partial charge in [-0.15, -0.1) is 24.8 Å². The highest BCUT2D eigenvalue weighted by molar-refractivity contribution is 8.31. The van der Waals surface area contributed by atoms with Crippen molar-refractivity contribution in [2.75, 3.05) is 0 Å². The van der Waals surface area contributed by atoms with E-state index in [4.69, 9.17) is 8.42 Å². The van der Waals surface area contributed by atoms with Gasteiger partial charge in [-0.1, -0.05) is 7.43 Å². The van der Waals surface area contributed by atoms with E-state index >= 15 is 0 Å². The van der Waals surface area contributed by atoms with Crippen molar-refractivity contribution in [3.05, 3.63) is 0 Å². The zero-order valence-corrected chi connectivity index (χ0v) is 6.76. The molecule has 0 amide bonds. The van der Waals surface area contributed by atoms with Crippen LogP contribution >= 0.6 is 46.2 Å². The lowest BCUT2D eigenvalue weighted by molar-refractivity contribution is 0.621. The van der Waals surface area contributed by atoms with E-state index in [1.807, 2.05) is 0 Å². The summed E-state index contributed by atoms with van der Waals surface area (Å²) in [5.74, 6) is 0. The Balaban J connectivity index is -0.0000000267. The van der Waals surface area contributed by atoms with Gasteiger partial charge in [-0.2, -0.15) is 8.42 Å². The molecule has 0 rings (SSSR count). The molecule has 0 saturated carbocycles. The molecular weight excluding hydrogens is 218 g/mol. The van der Waals surface area contributed by atoms with Crippen molar-refractivity contribution in [2.45, 2.75) is 7.43 Å². The average molecular weight is 224 g/mol. The number of rotatable bonds is 0. The van der Waals surface area contributed by atoms with Crippen LogP contribution in [-0.4, -0.2) is 8.42 Å². The molecule has 56 valence electrons. The molecule has 7 heteroatoms. The Morgan fingerprint density at radius 1 is 1.00 bits per heavy atom. The van der Waals surface area contributed by atoms with E-state index in [9.17, 15) is 0 Å². The summed E-state index contributed by atoms with van der Waals surface area (Å²) in [5.41, 5.74) is 0. The van der Waals surface area contributed by atoms with Crippen molar-refractivity contribution in [1.29, 1.82) is 0 Å². The third kappa shape index (κ3) is 215. The Hall–Kier alpha value is 1.11. The van der Waals surface area contributed by atoms with Gasteiger partial charge in [0.2, 0.25) is 0 Å². The summed E-state index contributed by atoms with van der Waals surface area (Å²) < 4.78 is 18.3. The maximum Gasteiger partial charge on any atom is 0.317 e. The summed E-state index contributed by atoms with van der Waals surface area (Å²) in [6.07, 6.45) is 0. The van der Waals surface area contributed by atoms with Crippen LogP contribution < -0.4 is 0 Å². The van der Waals surface area contributed by atoms with E-state index in [-0.39, 0.29) is 32.2 Å². The molecule has 0 N–H and O–H groups in total. The van der Waals surface area contributed by atoms with Crippen LogP contribution in [0.15, 0.2) is 0 Å². The number of hydrogen-bond acceptors (Lipinski definition) is 2. The molecule has 2 nitrogen and oxygen atoms in total. The standard InChI is InChI=1S/CH4.Cl2O2S.2ClH/c;1-5(2,3)4;;/h1H4;;2*1H. The molecule has 0 unspecified atom stereocenters. The molecule has 0 bridgehead atoms. The van der Waals surface area contributed by atoms with Gasteiger partial charge in [-0.05, 0) is 0 Å². The fourth-order valence-corrected chi connectivity index (χ4v) is 0. The molecule has 8 heavy (non-hydrogen) atoms. The second-order valence-electron chi connectivity index (χ2n) is 0.378. The van der Waals surface area contributed by atoms with Gasteiger partial charge in [0.25, 0.3) is 0 Å². The normalized spacial score (nSPS) is 7.25. The van der Waals surface area contributed by atoms with Crippen LogP contribution in [0, 0.1) is 0 Å². The second-order valence-corrected chi connectivity index (χ2v) is 4.05. The van der Waals surface area contributed by atoms with Gasteiger partial charge in [-0.3, -0.25) is 0 Å². The predicted octanol–water partition coefficient (Wildman–Crippen LogP) is 2.19. The molecule has 0 aromatic rings. The lowest BCUT2D eigenvalue weighted by Gasteiger charge is -1.61. The van der Waals surface area contributed by atoms with Gasteiger partial charge in [0.05, 0.1) is 0 Å². The van der Waals surface area contributed by atoms with Crippen LogP contribution in [0.2, 0.25) is 0 Å². The SMILES string of the molecule is C.Cl.Cl.O=S(=O)(Cl)Cl. The average Bonchev–Trinajstić information content (AvgIpc) is 0.722. The highest BCUT2D eigenvalue weighted by atomic mass is 36.0. The van der Waals surface area contributed by atoms with Crippen molar-refractivity contribution in [3.63, 3.8) is 0 Å². The minimum Gasteiger partial charge on any atom is -0.195 e. The van der Waals surface area contributed by atoms with Gasteiger partial charge in [0, 0.05) is 21.4 Å². The summed E-state index contributed by atoms with van der Waals surface area (Å²) in [4.78, 5) is 0. The fraction of sp³-hybridized carbons (Fsp3) is 1.00. The third-order valence-electron chi connectivity index (χ3n) is 0. The lowest BCUT2D eigenvalue weighted by atomic mass is 12.0. The second kappa shape index (κ2) is 8.11. The van der Waals surface area contributed by atoms with Crippen molar-refractivity contribution < 1.29 is 8.42 Å². The predicted molar refractivity (Wildman–Crippen MR) is 41.9 cm³/mol. The van der Waals surface area contributed by atoms with Crippen LogP contribution in [0.1, 0.15) is 7.43 Å². The third-order valence-corrected chi connectivity index (χ3v) is 0. The Morgan fingerprint density at radius 2 is 1.00 bits per heavy atom. The van der Waals surface area contributed by atoms with Crippen molar-refractivity contribution in [2.24, 2.45) is 0 Å². The summed E-state index contributed by atoms with van der Waals surface area (Å²) in [6, 6.07) is 0. The lowest BCUT2D eigenvalue weighted by Crippen LogP contribution is -1.63. The van der Waals surface area contributed by atoms with Crippen molar-refractivity contribution in [1.82, 2.24) is 0 Å². The topological polar surface area (TPSA) is 34.1 Å². The minimum atomic E-state index is -3.72. The smallest absolute Gasteiger partial charge is 0.195 e. The zero-order valence-electron chi connectivity index (χ0n) is 2.80. The number of halogens is 4. The van der Waals surface area contributed by atoms with Crippen molar-refractivity contribution >= 4 is 54.4 Å². The largest absolute Gasteiger partial charge is 0.317 e. The molecule has 0 aliphatic rings. The molecule has 0 aromatic carbocycles. The van der Waals surface area contributed by atoms with Crippen LogP contribution in [0.4, 0.5) is 0 Å². The van der Waals surface area contributed by atoms with Crippen LogP contribution in [0.5, 0.6) is 0 Å². The molecule has 0 spiro atoms. The van der Waals surface area contributed by atoms with E-state index in [0.29, 0.717) is 0 Å². The molecule has 0 aromatic heterocycles. The first-order chi connectivity index (χ1) is 2.00. The fourth-order valence-electron chi connectivity index (χ4n) is 0. The van der Waals surface area contributed by atoms with Gasteiger partial charge in [0.1, 0.15) is 0 Å². The van der Waals surface area contributed by atoms with E-state index < -0.39 is 8.26 Å². The summed E-state index contributed by atoms with van der Waals surface area (Å²) in [7, 11) is 4.81. The first-order valence-electron chi connectivity index (χ1n) is 0.642. The zero-order chi connectivity index (χ0) is 4.50. The Bertz CT molecular complexity index is 97.2. The molecule has 0 aliphatic heterocycles. The number of hydrogen-bond donors (Lipinski definition) is 0. The van der Waals surface area contributed by atoms with E-state index in [1.165, 1.54) is 0 Å². The minimum absolute atomic E-state index is 0. The van der Waals surface area contributed by atoms with Gasteiger partial charge >= 0.3 is 8.26 Å². The van der Waals surface area contributed by atoms with Crippen LogP contribution in [-0.2, 0) is 8.26 Å². The Labute approximate surface area is 70.3 Å². The molecular formula is CH6Cl4O2S. The Kier molecular flexibility index (Phi) is 23.3. The monoisotopic (exact) mass is 222 g/mol. The summed E-state index contributed by atoms with van der Waals surface area (Å²) in [5, 5.41) is 0. The van der Waals surface area contributed by atoms with Crippen LogP contribution in [0.3, 0.4) is 0 Å². The van der Waals surface area contributed by atoms with Gasteiger partial charge in [-0.25, -0.2) is 0 Å². The van der Waals surface area contributed by atoms with E-state index in [1.54, 1.807) is 0 Å². The summed E-state index contributed by atoms with van der Waals surface area (Å²) in [6.45, 7) is 0. The first-order valence-corrected chi connectivity index (χ1v) is 3.78. The van der Waals surface area contributed by atoms with Crippen molar-refractivity contribution in [3.8, 4) is 0 Å². The van der Waals surface area contributed by atoms with E-state index in [2.05, 4.69) is 21.4 Å². The molecule has 0 radical (unpaired) electrons. The molecule has 0 aliphatic carbocycles. The maximum atomic E-state index is 9.16. The van der Waals surface area contributed by atoms with Gasteiger partial charge < -0.3 is 0 Å². The molecule has 0 fully saturated rings. The molecule has 0 heterocycles. The first kappa shape index (κ1) is 22.9. The quantitative estimate of drug-likeness (QED) is 0.591. The molecule has 0 atom stereocenters. The van der Waals surface area contributed by atoms with Gasteiger partial charge in [0.15, 0.2) is 0 Å². The highest BCUT2D eigenvalue weighted by Crippen LogP contribution is 1.98. The highest BCUT2D eigenvalue weighted by Gasteiger charge is 1.88. The Morgan fingerprint density at radius 3 is 1.00 bits per heavy atom. The van der Waals surface area contributed by atoms with Crippen LogP contribution in [0.25, 0.3) is 0 Å². The van der Waals surface area contributed by atoms with E-state index in [0.717, 1.165) is 0 Å². The summed E-state index contributed by atoms with van der Waals surface area (Å²) >= 11 is 0. The molecule has 0 saturated heterocycles. The maximum absolute atomic E-state index is 9.16.